The minimum atomic E-state index is -0.254. The standard InChI is InChI=1S/C27H26N4O2/c1-2-22(32)30-21-15-9-12-19(16-21)23-24-26(31-20-13-7-4-8-14-20)28-17-29-27(24)33-25(23)18-10-5-3-6-11-18/h2-3,5-6,9-12,15-17,20H,1,4,7-8,13-14H2,(H,30,32)(H,28,29,31). The summed E-state index contributed by atoms with van der Waals surface area (Å²) in [7, 11) is 0. The number of carbonyl (C=O) groups is 1. The van der Waals surface area contributed by atoms with E-state index in [0.717, 1.165) is 46.5 Å². The van der Waals surface area contributed by atoms with Crippen LogP contribution in [-0.4, -0.2) is 21.9 Å². The number of benzene rings is 2. The number of hydrogen-bond acceptors (Lipinski definition) is 5. The third kappa shape index (κ3) is 4.37. The van der Waals surface area contributed by atoms with Gasteiger partial charge in [-0.3, -0.25) is 4.79 Å². The van der Waals surface area contributed by atoms with Crippen LogP contribution in [0.15, 0.2) is 78.0 Å². The van der Waals surface area contributed by atoms with Crippen molar-refractivity contribution in [2.45, 2.75) is 38.1 Å². The van der Waals surface area contributed by atoms with E-state index in [-0.39, 0.29) is 5.91 Å². The molecule has 0 bridgehead atoms. The summed E-state index contributed by atoms with van der Waals surface area (Å²) in [6.45, 7) is 3.54. The lowest BCUT2D eigenvalue weighted by Crippen LogP contribution is -2.23. The van der Waals surface area contributed by atoms with Gasteiger partial charge in [-0.1, -0.05) is 68.3 Å². The number of furan rings is 1. The summed E-state index contributed by atoms with van der Waals surface area (Å²) in [4.78, 5) is 20.9. The number of nitrogens with zero attached hydrogens (tertiary/aromatic N) is 2. The van der Waals surface area contributed by atoms with Crippen LogP contribution in [0, 0.1) is 0 Å². The van der Waals surface area contributed by atoms with E-state index in [1.165, 1.54) is 25.3 Å². The van der Waals surface area contributed by atoms with Gasteiger partial charge in [0.15, 0.2) is 0 Å². The average Bonchev–Trinajstić information content (AvgIpc) is 3.26. The summed E-state index contributed by atoms with van der Waals surface area (Å²) < 4.78 is 6.32. The lowest BCUT2D eigenvalue weighted by molar-refractivity contribution is -0.111. The highest BCUT2D eigenvalue weighted by Crippen LogP contribution is 2.43. The van der Waals surface area contributed by atoms with E-state index >= 15 is 0 Å². The SMILES string of the molecule is C=CC(=O)Nc1cccc(-c2c(-c3ccccc3)oc3ncnc(NC4CCCCC4)c23)c1. The molecule has 0 unspecified atom stereocenters. The van der Waals surface area contributed by atoms with E-state index in [4.69, 9.17) is 4.42 Å². The maximum Gasteiger partial charge on any atom is 0.247 e. The van der Waals surface area contributed by atoms with Crippen LogP contribution in [0.4, 0.5) is 11.5 Å². The van der Waals surface area contributed by atoms with Crippen LogP contribution in [0.25, 0.3) is 33.6 Å². The first-order valence-electron chi connectivity index (χ1n) is 11.4. The number of hydrogen-bond donors (Lipinski definition) is 2. The van der Waals surface area contributed by atoms with Gasteiger partial charge < -0.3 is 15.1 Å². The fourth-order valence-corrected chi connectivity index (χ4v) is 4.50. The lowest BCUT2D eigenvalue weighted by Gasteiger charge is -2.23. The minimum absolute atomic E-state index is 0.254. The molecule has 1 saturated carbocycles. The lowest BCUT2D eigenvalue weighted by atomic mass is 9.95. The largest absolute Gasteiger partial charge is 0.437 e. The number of fused-ring (bicyclic) bond motifs is 1. The summed E-state index contributed by atoms with van der Waals surface area (Å²) in [5, 5.41) is 7.36. The molecular weight excluding hydrogens is 412 g/mol. The van der Waals surface area contributed by atoms with Crippen molar-refractivity contribution in [2.24, 2.45) is 0 Å². The van der Waals surface area contributed by atoms with Crippen LogP contribution < -0.4 is 10.6 Å². The van der Waals surface area contributed by atoms with Gasteiger partial charge in [0, 0.05) is 22.9 Å². The molecular formula is C27H26N4O2. The van der Waals surface area contributed by atoms with Crippen LogP contribution >= 0.6 is 0 Å². The van der Waals surface area contributed by atoms with E-state index in [1.54, 1.807) is 6.33 Å². The van der Waals surface area contributed by atoms with Crippen LogP contribution in [0.5, 0.6) is 0 Å². The first-order chi connectivity index (χ1) is 16.2. The molecule has 0 saturated heterocycles. The summed E-state index contributed by atoms with van der Waals surface area (Å²) in [5.41, 5.74) is 4.00. The fourth-order valence-electron chi connectivity index (χ4n) is 4.50. The molecule has 2 aromatic heterocycles. The van der Waals surface area contributed by atoms with Crippen LogP contribution in [0.3, 0.4) is 0 Å². The number of aromatic nitrogens is 2. The Morgan fingerprint density at radius 3 is 2.58 bits per heavy atom. The van der Waals surface area contributed by atoms with Gasteiger partial charge in [0.05, 0.1) is 5.39 Å². The number of rotatable bonds is 6. The molecule has 2 heterocycles. The highest BCUT2D eigenvalue weighted by molar-refractivity contribution is 6.07. The van der Waals surface area contributed by atoms with Crippen molar-refractivity contribution in [1.29, 1.82) is 0 Å². The fraction of sp³-hybridized carbons (Fsp3) is 0.222. The van der Waals surface area contributed by atoms with Crippen molar-refractivity contribution in [3.05, 3.63) is 73.6 Å². The molecule has 0 radical (unpaired) electrons. The minimum Gasteiger partial charge on any atom is -0.437 e. The second-order valence-corrected chi connectivity index (χ2v) is 8.33. The second-order valence-electron chi connectivity index (χ2n) is 8.33. The van der Waals surface area contributed by atoms with Crippen molar-refractivity contribution < 1.29 is 9.21 Å². The molecule has 6 nitrogen and oxygen atoms in total. The van der Waals surface area contributed by atoms with Crippen LogP contribution in [-0.2, 0) is 4.79 Å². The Labute approximate surface area is 192 Å². The van der Waals surface area contributed by atoms with Gasteiger partial charge in [-0.25, -0.2) is 9.97 Å². The number of anilines is 2. The molecule has 5 rings (SSSR count). The molecule has 1 amide bonds. The third-order valence-electron chi connectivity index (χ3n) is 6.07. The van der Waals surface area contributed by atoms with Gasteiger partial charge in [-0.15, -0.1) is 0 Å². The van der Waals surface area contributed by atoms with Gasteiger partial charge >= 0.3 is 0 Å². The van der Waals surface area contributed by atoms with E-state index in [9.17, 15) is 4.79 Å². The topological polar surface area (TPSA) is 80.1 Å². The zero-order valence-electron chi connectivity index (χ0n) is 18.4. The van der Waals surface area contributed by atoms with Gasteiger partial charge in [0.1, 0.15) is 17.9 Å². The number of carbonyl (C=O) groups excluding carboxylic acids is 1. The highest BCUT2D eigenvalue weighted by Gasteiger charge is 2.24. The van der Waals surface area contributed by atoms with Gasteiger partial charge in [0.25, 0.3) is 0 Å². The monoisotopic (exact) mass is 438 g/mol. The van der Waals surface area contributed by atoms with Crippen molar-refractivity contribution in [2.75, 3.05) is 10.6 Å². The molecule has 33 heavy (non-hydrogen) atoms. The Morgan fingerprint density at radius 2 is 1.79 bits per heavy atom. The zero-order valence-corrected chi connectivity index (χ0v) is 18.4. The Bertz CT molecular complexity index is 1290. The second kappa shape index (κ2) is 9.28. The van der Waals surface area contributed by atoms with Crippen LogP contribution in [0.1, 0.15) is 32.1 Å². The summed E-state index contributed by atoms with van der Waals surface area (Å²) in [6.07, 6.45) is 8.82. The first-order valence-corrected chi connectivity index (χ1v) is 11.4. The smallest absolute Gasteiger partial charge is 0.247 e. The quantitative estimate of drug-likeness (QED) is 0.339. The maximum absolute atomic E-state index is 11.9. The zero-order chi connectivity index (χ0) is 22.6. The van der Waals surface area contributed by atoms with Crippen molar-refractivity contribution >= 4 is 28.5 Å². The normalized spacial score (nSPS) is 14.2. The molecule has 6 heteroatoms. The van der Waals surface area contributed by atoms with Crippen LogP contribution in [0.2, 0.25) is 0 Å². The van der Waals surface area contributed by atoms with E-state index in [2.05, 4.69) is 27.2 Å². The summed E-state index contributed by atoms with van der Waals surface area (Å²) >= 11 is 0. The Kier molecular flexibility index (Phi) is 5.89. The van der Waals surface area contributed by atoms with Crippen molar-refractivity contribution in [3.63, 3.8) is 0 Å². The van der Waals surface area contributed by atoms with Crippen molar-refractivity contribution in [3.8, 4) is 22.5 Å². The third-order valence-corrected chi connectivity index (χ3v) is 6.07. The molecule has 166 valence electrons. The Hall–Kier alpha value is -3.93. The summed E-state index contributed by atoms with van der Waals surface area (Å²) in [6, 6.07) is 18.1. The maximum atomic E-state index is 11.9. The Balaban J connectivity index is 1.68. The first kappa shape index (κ1) is 20.9. The molecule has 0 aliphatic heterocycles. The highest BCUT2D eigenvalue weighted by atomic mass is 16.3. The molecule has 2 aromatic carbocycles. The predicted molar refractivity (Wildman–Crippen MR) is 132 cm³/mol. The summed E-state index contributed by atoms with van der Waals surface area (Å²) in [5.74, 6) is 1.26. The molecule has 1 aliphatic rings. The number of amides is 1. The van der Waals surface area contributed by atoms with Crippen molar-refractivity contribution in [1.82, 2.24) is 9.97 Å². The molecule has 4 aromatic rings. The molecule has 0 atom stereocenters. The number of nitrogens with one attached hydrogen (secondary N) is 2. The average molecular weight is 439 g/mol. The van der Waals surface area contributed by atoms with E-state index in [0.29, 0.717) is 17.4 Å². The molecule has 1 fully saturated rings. The molecule has 0 spiro atoms. The Morgan fingerprint density at radius 1 is 1.00 bits per heavy atom. The van der Waals surface area contributed by atoms with Gasteiger partial charge in [-0.2, -0.15) is 0 Å². The molecule has 1 aliphatic carbocycles. The van der Waals surface area contributed by atoms with E-state index < -0.39 is 0 Å². The predicted octanol–water partition coefficient (Wildman–Crippen LogP) is 6.43. The molecule has 2 N–H and O–H groups in total. The van der Waals surface area contributed by atoms with Gasteiger partial charge in [-0.05, 0) is 36.6 Å². The van der Waals surface area contributed by atoms with E-state index in [1.807, 2.05) is 54.6 Å². The van der Waals surface area contributed by atoms with Gasteiger partial charge in [0.2, 0.25) is 11.6 Å².